The van der Waals surface area contributed by atoms with Crippen LogP contribution < -0.4 is 0 Å². The molecule has 1 aromatic rings. The Morgan fingerprint density at radius 3 is 2.84 bits per heavy atom. The zero-order valence-corrected chi connectivity index (χ0v) is 11.7. The number of hydrogen-bond acceptors (Lipinski definition) is 4. The number of rotatable bonds is 3. The van der Waals surface area contributed by atoms with Crippen LogP contribution in [-0.2, 0) is 11.2 Å². The molecule has 0 aromatic heterocycles. The summed E-state index contributed by atoms with van der Waals surface area (Å²) in [5, 5.41) is 20.0. The van der Waals surface area contributed by atoms with Gasteiger partial charge < -0.3 is 10.0 Å². The van der Waals surface area contributed by atoms with Crippen LogP contribution in [0, 0.1) is 10.1 Å². The highest BCUT2D eigenvalue weighted by Crippen LogP contribution is 2.24. The maximum atomic E-state index is 12.0. The maximum Gasteiger partial charge on any atom is 0.270 e. The first-order chi connectivity index (χ1) is 8.97. The quantitative estimate of drug-likeness (QED) is 0.673. The molecule has 1 amide bonds. The van der Waals surface area contributed by atoms with E-state index in [1.807, 2.05) is 0 Å². The first kappa shape index (κ1) is 14.0. The van der Waals surface area contributed by atoms with Crippen LogP contribution >= 0.6 is 15.9 Å². The van der Waals surface area contributed by atoms with Gasteiger partial charge in [-0.05, 0) is 12.0 Å². The summed E-state index contributed by atoms with van der Waals surface area (Å²) in [6.07, 6.45) is 0.336. The number of aliphatic hydroxyl groups excluding tert-OH is 1. The van der Waals surface area contributed by atoms with Gasteiger partial charge in [-0.3, -0.25) is 14.9 Å². The van der Waals surface area contributed by atoms with Crippen LogP contribution in [0.15, 0.2) is 22.7 Å². The van der Waals surface area contributed by atoms with Gasteiger partial charge in [-0.25, -0.2) is 0 Å². The topological polar surface area (TPSA) is 83.7 Å². The Balaban J connectivity index is 2.07. The Morgan fingerprint density at radius 1 is 1.58 bits per heavy atom. The van der Waals surface area contributed by atoms with Gasteiger partial charge in [0, 0.05) is 29.7 Å². The van der Waals surface area contributed by atoms with Gasteiger partial charge in [0.25, 0.3) is 5.69 Å². The van der Waals surface area contributed by atoms with Gasteiger partial charge in [0.05, 0.1) is 17.4 Å². The van der Waals surface area contributed by atoms with Gasteiger partial charge in [-0.15, -0.1) is 0 Å². The maximum absolute atomic E-state index is 12.0. The summed E-state index contributed by atoms with van der Waals surface area (Å²) < 4.78 is 0.551. The number of nitro groups is 1. The third-order valence-corrected chi connectivity index (χ3v) is 3.84. The molecular formula is C12H13BrN2O4. The zero-order chi connectivity index (χ0) is 14.0. The van der Waals surface area contributed by atoms with E-state index in [4.69, 9.17) is 0 Å². The van der Waals surface area contributed by atoms with E-state index in [9.17, 15) is 20.0 Å². The lowest BCUT2D eigenvalue weighted by Gasteiger charge is -2.15. The predicted octanol–water partition coefficient (Wildman–Crippen LogP) is 1.49. The van der Waals surface area contributed by atoms with Gasteiger partial charge in [-0.1, -0.05) is 22.0 Å². The average Bonchev–Trinajstić information content (AvgIpc) is 2.78. The van der Waals surface area contributed by atoms with Crippen molar-refractivity contribution >= 4 is 27.5 Å². The lowest BCUT2D eigenvalue weighted by molar-refractivity contribution is -0.384. The highest BCUT2D eigenvalue weighted by Gasteiger charge is 2.25. The second-order valence-corrected chi connectivity index (χ2v) is 5.35. The minimum absolute atomic E-state index is 0.0142. The van der Waals surface area contributed by atoms with Crippen molar-refractivity contribution in [1.29, 1.82) is 0 Å². The third-order valence-electron chi connectivity index (χ3n) is 3.11. The average molecular weight is 329 g/mol. The monoisotopic (exact) mass is 328 g/mol. The van der Waals surface area contributed by atoms with Crippen LogP contribution in [0.1, 0.15) is 12.0 Å². The molecule has 0 bridgehead atoms. The number of nitro benzene ring substituents is 1. The molecule has 6 nitrogen and oxygen atoms in total. The van der Waals surface area contributed by atoms with Gasteiger partial charge in [0.15, 0.2) is 0 Å². The number of carbonyl (C=O) groups excluding carboxylic acids is 1. The van der Waals surface area contributed by atoms with Crippen molar-refractivity contribution in [1.82, 2.24) is 4.90 Å². The van der Waals surface area contributed by atoms with Crippen LogP contribution in [0.5, 0.6) is 0 Å². The van der Waals surface area contributed by atoms with Gasteiger partial charge in [0.1, 0.15) is 0 Å². The number of halogens is 1. The van der Waals surface area contributed by atoms with Crippen molar-refractivity contribution < 1.29 is 14.8 Å². The van der Waals surface area contributed by atoms with E-state index in [0.29, 0.717) is 29.5 Å². The molecule has 1 atom stereocenters. The lowest BCUT2D eigenvalue weighted by Crippen LogP contribution is -2.30. The van der Waals surface area contributed by atoms with Crippen molar-refractivity contribution in [3.63, 3.8) is 0 Å². The lowest BCUT2D eigenvalue weighted by atomic mass is 10.1. The molecule has 1 fully saturated rings. The molecule has 0 spiro atoms. The normalized spacial score (nSPS) is 18.6. The zero-order valence-electron chi connectivity index (χ0n) is 10.1. The highest BCUT2D eigenvalue weighted by molar-refractivity contribution is 9.10. The number of likely N-dealkylation sites (tertiary alicyclic amines) is 1. The number of hydrogen-bond donors (Lipinski definition) is 1. The molecule has 102 valence electrons. The van der Waals surface area contributed by atoms with Gasteiger partial charge in [0.2, 0.25) is 5.91 Å². The number of benzene rings is 1. The Kier molecular flexibility index (Phi) is 4.16. The first-order valence-corrected chi connectivity index (χ1v) is 6.65. The number of carbonyl (C=O) groups is 1. The molecule has 1 aliphatic rings. The fraction of sp³-hybridized carbons (Fsp3) is 0.417. The van der Waals surface area contributed by atoms with Crippen molar-refractivity contribution in [2.75, 3.05) is 13.1 Å². The molecule has 19 heavy (non-hydrogen) atoms. The molecule has 0 unspecified atom stereocenters. The Labute approximate surface area is 118 Å². The van der Waals surface area contributed by atoms with E-state index < -0.39 is 11.0 Å². The van der Waals surface area contributed by atoms with Crippen LogP contribution in [-0.4, -0.2) is 40.0 Å². The fourth-order valence-corrected chi connectivity index (χ4v) is 2.54. The molecule has 0 aliphatic carbocycles. The van der Waals surface area contributed by atoms with E-state index in [1.165, 1.54) is 12.1 Å². The molecule has 1 heterocycles. The number of β-amino-alcohol motifs (C(OH)–C–C–N with tert-alkyl or cyclic N) is 1. The Bertz CT molecular complexity index is 520. The fourth-order valence-electron chi connectivity index (χ4n) is 2.04. The number of nitrogens with zero attached hydrogens (tertiary/aromatic N) is 2. The smallest absolute Gasteiger partial charge is 0.270 e. The van der Waals surface area contributed by atoms with Crippen molar-refractivity contribution in [3.05, 3.63) is 38.3 Å². The summed E-state index contributed by atoms with van der Waals surface area (Å²) in [4.78, 5) is 23.7. The molecule has 1 saturated heterocycles. The van der Waals surface area contributed by atoms with E-state index >= 15 is 0 Å². The summed E-state index contributed by atoms with van der Waals surface area (Å²) in [6, 6.07) is 4.35. The molecular weight excluding hydrogens is 316 g/mol. The standard InChI is InChI=1S/C12H13BrN2O4/c13-11-6-9(15(18)19)2-1-8(11)5-12(17)14-4-3-10(16)7-14/h1-2,6,10,16H,3-5,7H2/t10-/m0/s1. The summed E-state index contributed by atoms with van der Waals surface area (Å²) in [7, 11) is 0. The minimum Gasteiger partial charge on any atom is -0.391 e. The highest BCUT2D eigenvalue weighted by atomic mass is 79.9. The summed E-state index contributed by atoms with van der Waals surface area (Å²) in [6.45, 7) is 0.925. The largest absolute Gasteiger partial charge is 0.391 e. The molecule has 1 aromatic carbocycles. The molecule has 1 aliphatic heterocycles. The molecule has 0 saturated carbocycles. The summed E-state index contributed by atoms with van der Waals surface area (Å²) in [5.41, 5.74) is 0.691. The van der Waals surface area contributed by atoms with Gasteiger partial charge in [-0.2, -0.15) is 0 Å². The molecule has 2 rings (SSSR count). The Morgan fingerprint density at radius 2 is 2.32 bits per heavy atom. The van der Waals surface area contributed by atoms with Crippen LogP contribution in [0.25, 0.3) is 0 Å². The van der Waals surface area contributed by atoms with Crippen molar-refractivity contribution in [2.45, 2.75) is 18.9 Å². The molecule has 7 heteroatoms. The molecule has 1 N–H and O–H groups in total. The number of non-ortho nitro benzene ring substituents is 1. The third kappa shape index (κ3) is 3.30. The van der Waals surface area contributed by atoms with E-state index in [0.717, 1.165) is 0 Å². The van der Waals surface area contributed by atoms with E-state index in [2.05, 4.69) is 15.9 Å². The predicted molar refractivity (Wildman–Crippen MR) is 71.7 cm³/mol. The van der Waals surface area contributed by atoms with Crippen molar-refractivity contribution in [3.8, 4) is 0 Å². The first-order valence-electron chi connectivity index (χ1n) is 5.86. The minimum atomic E-state index is -0.479. The van der Waals surface area contributed by atoms with E-state index in [-0.39, 0.29) is 18.0 Å². The van der Waals surface area contributed by atoms with Crippen LogP contribution in [0.2, 0.25) is 0 Å². The summed E-state index contributed by atoms with van der Waals surface area (Å²) >= 11 is 3.24. The summed E-state index contributed by atoms with van der Waals surface area (Å²) in [5.74, 6) is -0.0777. The van der Waals surface area contributed by atoms with Crippen LogP contribution in [0.4, 0.5) is 5.69 Å². The van der Waals surface area contributed by atoms with Crippen molar-refractivity contribution in [2.24, 2.45) is 0 Å². The SMILES string of the molecule is O=C(Cc1ccc([N+](=O)[O-])cc1Br)N1CC[C@H](O)C1. The molecule has 0 radical (unpaired) electrons. The number of aliphatic hydroxyl groups is 1. The van der Waals surface area contributed by atoms with E-state index in [1.54, 1.807) is 11.0 Å². The Hall–Kier alpha value is -1.47. The van der Waals surface area contributed by atoms with Crippen LogP contribution in [0.3, 0.4) is 0 Å². The van der Waals surface area contributed by atoms with Gasteiger partial charge >= 0.3 is 0 Å². The second-order valence-electron chi connectivity index (χ2n) is 4.49. The second kappa shape index (κ2) is 5.66. The number of amides is 1.